The highest BCUT2D eigenvalue weighted by atomic mass is 16.5. The van der Waals surface area contributed by atoms with Gasteiger partial charge in [-0.3, -0.25) is 9.59 Å². The van der Waals surface area contributed by atoms with Crippen LogP contribution in [0.2, 0.25) is 0 Å². The normalized spacial score (nSPS) is 10.1. The third-order valence-corrected chi connectivity index (χ3v) is 3.77. The van der Waals surface area contributed by atoms with E-state index in [0.29, 0.717) is 28.9 Å². The largest absolute Gasteiger partial charge is 0.465 e. The molecule has 0 unspecified atom stereocenters. The number of anilines is 1. The molecule has 0 saturated heterocycles. The number of carbonyl (C=O) groups is 3. The van der Waals surface area contributed by atoms with E-state index in [4.69, 9.17) is 0 Å². The Morgan fingerprint density at radius 3 is 2.19 bits per heavy atom. The van der Waals surface area contributed by atoms with Gasteiger partial charge in [0.25, 0.3) is 11.8 Å². The van der Waals surface area contributed by atoms with Crippen molar-refractivity contribution >= 4 is 23.5 Å². The number of esters is 1. The molecule has 0 atom stereocenters. The van der Waals surface area contributed by atoms with Crippen molar-refractivity contribution in [3.05, 3.63) is 65.2 Å². The zero-order chi connectivity index (χ0) is 18.9. The highest BCUT2D eigenvalue weighted by Gasteiger charge is 2.11. The molecule has 2 rings (SSSR count). The number of unbranched alkanes of at least 4 members (excludes halogenated alkanes) is 1. The second kappa shape index (κ2) is 9.36. The summed E-state index contributed by atoms with van der Waals surface area (Å²) in [5, 5.41) is 5.55. The van der Waals surface area contributed by atoms with Crippen molar-refractivity contribution in [2.45, 2.75) is 19.8 Å². The van der Waals surface area contributed by atoms with Crippen molar-refractivity contribution in [3.63, 3.8) is 0 Å². The van der Waals surface area contributed by atoms with Crippen LogP contribution in [-0.4, -0.2) is 31.4 Å². The Bertz CT molecular complexity index is 785. The van der Waals surface area contributed by atoms with E-state index in [2.05, 4.69) is 22.3 Å². The molecule has 136 valence electrons. The average Bonchev–Trinajstić information content (AvgIpc) is 2.67. The van der Waals surface area contributed by atoms with Gasteiger partial charge >= 0.3 is 5.97 Å². The highest BCUT2D eigenvalue weighted by Crippen LogP contribution is 2.14. The molecule has 2 aromatic rings. The van der Waals surface area contributed by atoms with Gasteiger partial charge in [-0.15, -0.1) is 0 Å². The molecule has 2 aromatic carbocycles. The Kier molecular flexibility index (Phi) is 6.91. The van der Waals surface area contributed by atoms with Gasteiger partial charge in [0.2, 0.25) is 0 Å². The van der Waals surface area contributed by atoms with E-state index in [1.54, 1.807) is 48.5 Å². The second-order valence-corrected chi connectivity index (χ2v) is 5.71. The maximum Gasteiger partial charge on any atom is 0.337 e. The van der Waals surface area contributed by atoms with Crippen LogP contribution in [-0.2, 0) is 4.74 Å². The van der Waals surface area contributed by atoms with E-state index in [1.165, 1.54) is 7.11 Å². The number of carbonyl (C=O) groups excluding carboxylic acids is 3. The van der Waals surface area contributed by atoms with Crippen LogP contribution in [0.25, 0.3) is 0 Å². The first-order valence-electron chi connectivity index (χ1n) is 8.43. The standard InChI is InChI=1S/C20H22N2O4/c1-3-4-12-21-18(23)14-8-10-15(11-9-14)19(24)22-17-7-5-6-16(13-17)20(25)26-2/h5-11,13H,3-4,12H2,1-2H3,(H,21,23)(H,22,24). The summed E-state index contributed by atoms with van der Waals surface area (Å²) in [6, 6.07) is 12.9. The van der Waals surface area contributed by atoms with Gasteiger partial charge in [0.15, 0.2) is 0 Å². The molecule has 2 N–H and O–H groups in total. The number of methoxy groups -OCH3 is 1. The van der Waals surface area contributed by atoms with Crippen LogP contribution in [0.4, 0.5) is 5.69 Å². The van der Waals surface area contributed by atoms with Crippen LogP contribution in [0.5, 0.6) is 0 Å². The van der Waals surface area contributed by atoms with Crippen molar-refractivity contribution in [2.75, 3.05) is 19.0 Å². The first kappa shape index (κ1) is 19.2. The third-order valence-electron chi connectivity index (χ3n) is 3.77. The lowest BCUT2D eigenvalue weighted by Crippen LogP contribution is -2.24. The Morgan fingerprint density at radius 2 is 1.58 bits per heavy atom. The molecule has 6 nitrogen and oxygen atoms in total. The number of rotatable bonds is 7. The molecular formula is C20H22N2O4. The van der Waals surface area contributed by atoms with E-state index < -0.39 is 5.97 Å². The molecule has 0 spiro atoms. The van der Waals surface area contributed by atoms with E-state index in [1.807, 2.05) is 0 Å². The smallest absolute Gasteiger partial charge is 0.337 e. The van der Waals surface area contributed by atoms with Crippen molar-refractivity contribution in [2.24, 2.45) is 0 Å². The number of hydrogen-bond acceptors (Lipinski definition) is 4. The summed E-state index contributed by atoms with van der Waals surface area (Å²) in [5.41, 5.74) is 1.76. The molecule has 0 aliphatic carbocycles. The Balaban J connectivity index is 2.02. The summed E-state index contributed by atoms with van der Waals surface area (Å²) in [6.07, 6.45) is 1.94. The first-order valence-corrected chi connectivity index (χ1v) is 8.43. The fourth-order valence-corrected chi connectivity index (χ4v) is 2.30. The van der Waals surface area contributed by atoms with Crippen LogP contribution in [0.3, 0.4) is 0 Å². The number of benzene rings is 2. The molecule has 6 heteroatoms. The summed E-state index contributed by atoms with van der Waals surface area (Å²) in [5.74, 6) is -0.958. The molecule has 0 heterocycles. The average molecular weight is 354 g/mol. The number of amides is 2. The van der Waals surface area contributed by atoms with Crippen molar-refractivity contribution in [1.29, 1.82) is 0 Å². The lowest BCUT2D eigenvalue weighted by Gasteiger charge is -2.08. The van der Waals surface area contributed by atoms with Crippen LogP contribution in [0, 0.1) is 0 Å². The molecule has 0 saturated carbocycles. The fourth-order valence-electron chi connectivity index (χ4n) is 2.30. The SMILES string of the molecule is CCCCNC(=O)c1ccc(C(=O)Nc2cccc(C(=O)OC)c2)cc1. The van der Waals surface area contributed by atoms with E-state index in [9.17, 15) is 14.4 Å². The molecule has 0 fully saturated rings. The quantitative estimate of drug-likeness (QED) is 0.590. The topological polar surface area (TPSA) is 84.5 Å². The summed E-state index contributed by atoms with van der Waals surface area (Å²) < 4.78 is 4.66. The van der Waals surface area contributed by atoms with Crippen LogP contribution >= 0.6 is 0 Å². The molecule has 0 aliphatic heterocycles. The maximum atomic E-state index is 12.3. The van der Waals surface area contributed by atoms with E-state index in [-0.39, 0.29) is 11.8 Å². The molecule has 26 heavy (non-hydrogen) atoms. The summed E-state index contributed by atoms with van der Waals surface area (Å²) in [7, 11) is 1.30. The minimum absolute atomic E-state index is 0.156. The van der Waals surface area contributed by atoms with Crippen molar-refractivity contribution in [3.8, 4) is 0 Å². The summed E-state index contributed by atoms with van der Waals surface area (Å²) in [6.45, 7) is 2.69. The van der Waals surface area contributed by atoms with Gasteiger partial charge in [-0.05, 0) is 48.9 Å². The minimum Gasteiger partial charge on any atom is -0.465 e. The molecule has 2 amide bonds. The van der Waals surface area contributed by atoms with E-state index >= 15 is 0 Å². The zero-order valence-corrected chi connectivity index (χ0v) is 14.9. The summed E-state index contributed by atoms with van der Waals surface area (Å²) in [4.78, 5) is 35.8. The predicted octanol–water partition coefficient (Wildman–Crippen LogP) is 3.26. The minimum atomic E-state index is -0.473. The van der Waals surface area contributed by atoms with Gasteiger partial charge < -0.3 is 15.4 Å². The molecule has 0 aliphatic rings. The van der Waals surface area contributed by atoms with Crippen LogP contribution in [0.1, 0.15) is 50.8 Å². The van der Waals surface area contributed by atoms with Gasteiger partial charge in [0.05, 0.1) is 12.7 Å². The lowest BCUT2D eigenvalue weighted by molar-refractivity contribution is 0.0600. The molecule has 0 bridgehead atoms. The Hall–Kier alpha value is -3.15. The van der Waals surface area contributed by atoms with Gasteiger partial charge in [-0.25, -0.2) is 4.79 Å². The van der Waals surface area contributed by atoms with Gasteiger partial charge in [0, 0.05) is 23.4 Å². The number of hydrogen-bond donors (Lipinski definition) is 2. The molecular weight excluding hydrogens is 332 g/mol. The number of nitrogens with one attached hydrogen (secondary N) is 2. The number of ether oxygens (including phenoxy) is 1. The predicted molar refractivity (Wildman–Crippen MR) is 99.4 cm³/mol. The molecule has 0 radical (unpaired) electrons. The Morgan fingerprint density at radius 1 is 0.923 bits per heavy atom. The Labute approximate surface area is 152 Å². The zero-order valence-electron chi connectivity index (χ0n) is 14.9. The van der Waals surface area contributed by atoms with E-state index in [0.717, 1.165) is 12.8 Å². The first-order chi connectivity index (χ1) is 12.5. The molecule has 0 aromatic heterocycles. The van der Waals surface area contributed by atoms with Crippen LogP contribution < -0.4 is 10.6 Å². The highest BCUT2D eigenvalue weighted by molar-refractivity contribution is 6.05. The lowest BCUT2D eigenvalue weighted by atomic mass is 10.1. The van der Waals surface area contributed by atoms with Crippen molar-refractivity contribution < 1.29 is 19.1 Å². The van der Waals surface area contributed by atoms with Crippen molar-refractivity contribution in [1.82, 2.24) is 5.32 Å². The fraction of sp³-hybridized carbons (Fsp3) is 0.250. The van der Waals surface area contributed by atoms with Gasteiger partial charge in [-0.1, -0.05) is 19.4 Å². The third kappa shape index (κ3) is 5.17. The maximum absolute atomic E-state index is 12.3. The summed E-state index contributed by atoms with van der Waals surface area (Å²) >= 11 is 0. The van der Waals surface area contributed by atoms with Gasteiger partial charge in [-0.2, -0.15) is 0 Å². The monoisotopic (exact) mass is 354 g/mol. The van der Waals surface area contributed by atoms with Crippen LogP contribution in [0.15, 0.2) is 48.5 Å². The van der Waals surface area contributed by atoms with Gasteiger partial charge in [0.1, 0.15) is 0 Å². The second-order valence-electron chi connectivity index (χ2n) is 5.71.